The molecule has 0 amide bonds. The largest absolute Gasteiger partial charge is 0.462 e. The van der Waals surface area contributed by atoms with Crippen molar-refractivity contribution in [2.24, 2.45) is 5.92 Å². The molecule has 0 aromatic heterocycles. The van der Waals surface area contributed by atoms with E-state index in [4.69, 9.17) is 14.2 Å². The smallest absolute Gasteiger partial charge is 0.306 e. The Morgan fingerprint density at radius 2 is 0.541 bits per heavy atom. The van der Waals surface area contributed by atoms with Crippen molar-refractivity contribution >= 4 is 17.9 Å². The van der Waals surface area contributed by atoms with Crippen LogP contribution in [0.25, 0.3) is 0 Å². The van der Waals surface area contributed by atoms with Gasteiger partial charge in [0.2, 0.25) is 0 Å². The third-order valence-electron chi connectivity index (χ3n) is 12.5. The second-order valence-electron chi connectivity index (χ2n) is 19.3. The first-order chi connectivity index (χ1) is 29.9. The molecule has 0 saturated heterocycles. The fourth-order valence-electron chi connectivity index (χ4n) is 8.39. The molecule has 0 aliphatic carbocycles. The molecule has 0 unspecified atom stereocenters. The van der Waals surface area contributed by atoms with E-state index in [1.54, 1.807) is 0 Å². The van der Waals surface area contributed by atoms with Crippen molar-refractivity contribution in [1.82, 2.24) is 0 Å². The number of carbonyl (C=O) groups excluding carboxylic acids is 3. The zero-order valence-corrected chi connectivity index (χ0v) is 41.6. The highest BCUT2D eigenvalue weighted by Crippen LogP contribution is 2.17. The van der Waals surface area contributed by atoms with E-state index >= 15 is 0 Å². The van der Waals surface area contributed by atoms with Gasteiger partial charge in [-0.1, -0.05) is 272 Å². The lowest BCUT2D eigenvalue weighted by Crippen LogP contribution is -2.30. The third kappa shape index (κ3) is 49.3. The van der Waals surface area contributed by atoms with Crippen LogP contribution in [0.2, 0.25) is 0 Å². The standard InChI is InChI=1S/C55H106O6/c1-5-7-9-11-13-15-17-18-19-20-21-24-27-31-34-38-42-46-53(56)59-49-52(61-55(58)48-44-40-36-30-16-14-12-10-8-6-2)50-60-54(57)47-43-39-35-32-28-25-22-23-26-29-33-37-41-45-51(3)4/h51-52H,5-50H2,1-4H3/t52-/m1/s1. The molecule has 1 atom stereocenters. The van der Waals surface area contributed by atoms with Crippen LogP contribution in [0.5, 0.6) is 0 Å². The molecular formula is C55H106O6. The number of carbonyl (C=O) groups is 3. The highest BCUT2D eigenvalue weighted by atomic mass is 16.6. The van der Waals surface area contributed by atoms with E-state index < -0.39 is 6.10 Å². The van der Waals surface area contributed by atoms with Gasteiger partial charge in [0, 0.05) is 19.3 Å². The van der Waals surface area contributed by atoms with E-state index in [0.29, 0.717) is 19.3 Å². The highest BCUT2D eigenvalue weighted by molar-refractivity contribution is 5.71. The van der Waals surface area contributed by atoms with E-state index in [9.17, 15) is 14.4 Å². The first-order valence-corrected chi connectivity index (χ1v) is 27.4. The summed E-state index contributed by atoms with van der Waals surface area (Å²) in [4.78, 5) is 38.0. The van der Waals surface area contributed by atoms with Gasteiger partial charge in [-0.25, -0.2) is 0 Å². The molecule has 0 spiro atoms. The summed E-state index contributed by atoms with van der Waals surface area (Å²) in [7, 11) is 0. The minimum absolute atomic E-state index is 0.0624. The minimum Gasteiger partial charge on any atom is -0.462 e. The number of ether oxygens (including phenoxy) is 3. The Hall–Kier alpha value is -1.59. The summed E-state index contributed by atoms with van der Waals surface area (Å²) in [5.74, 6) is -0.00179. The summed E-state index contributed by atoms with van der Waals surface area (Å²) in [5.41, 5.74) is 0. The number of unbranched alkanes of at least 4 members (excludes halogenated alkanes) is 37. The fourth-order valence-corrected chi connectivity index (χ4v) is 8.39. The van der Waals surface area contributed by atoms with Crippen molar-refractivity contribution < 1.29 is 28.6 Å². The van der Waals surface area contributed by atoms with Gasteiger partial charge >= 0.3 is 17.9 Å². The number of hydrogen-bond acceptors (Lipinski definition) is 6. The molecule has 0 aliphatic heterocycles. The van der Waals surface area contributed by atoms with Crippen molar-refractivity contribution in [2.45, 2.75) is 316 Å². The maximum absolute atomic E-state index is 12.8. The molecule has 0 fully saturated rings. The predicted octanol–water partition coefficient (Wildman–Crippen LogP) is 17.8. The van der Waals surface area contributed by atoms with Gasteiger partial charge in [0.15, 0.2) is 6.10 Å². The third-order valence-corrected chi connectivity index (χ3v) is 12.5. The molecule has 0 aromatic carbocycles. The molecule has 61 heavy (non-hydrogen) atoms. The predicted molar refractivity (Wildman–Crippen MR) is 261 cm³/mol. The molecule has 0 saturated carbocycles. The number of rotatable bonds is 50. The molecule has 0 heterocycles. The van der Waals surface area contributed by atoms with E-state index in [2.05, 4.69) is 27.7 Å². The van der Waals surface area contributed by atoms with Crippen LogP contribution in [0, 0.1) is 5.92 Å². The Balaban J connectivity index is 4.23. The molecule has 0 aromatic rings. The first-order valence-electron chi connectivity index (χ1n) is 27.4. The van der Waals surface area contributed by atoms with Crippen LogP contribution in [0.1, 0.15) is 310 Å². The van der Waals surface area contributed by atoms with E-state index in [1.807, 2.05) is 0 Å². The topological polar surface area (TPSA) is 78.9 Å². The lowest BCUT2D eigenvalue weighted by molar-refractivity contribution is -0.167. The highest BCUT2D eigenvalue weighted by Gasteiger charge is 2.19. The van der Waals surface area contributed by atoms with Crippen molar-refractivity contribution in [3.05, 3.63) is 0 Å². The van der Waals surface area contributed by atoms with Gasteiger partial charge in [0.25, 0.3) is 0 Å². The van der Waals surface area contributed by atoms with Crippen LogP contribution in [0.15, 0.2) is 0 Å². The van der Waals surface area contributed by atoms with Crippen LogP contribution < -0.4 is 0 Å². The first kappa shape index (κ1) is 59.4. The SMILES string of the molecule is CCCCCCCCCCCCCCCCCCCC(=O)OC[C@H](COC(=O)CCCCCCCCCCCCCCCC(C)C)OC(=O)CCCCCCCCCCCC. The molecule has 0 rings (SSSR count). The molecule has 6 heteroatoms. The molecule has 0 bridgehead atoms. The number of hydrogen-bond donors (Lipinski definition) is 0. The van der Waals surface area contributed by atoms with Crippen LogP contribution in [0.3, 0.4) is 0 Å². The summed E-state index contributed by atoms with van der Waals surface area (Å²) in [6.07, 6.45) is 52.3. The molecule has 0 aliphatic rings. The van der Waals surface area contributed by atoms with Crippen molar-refractivity contribution in [3.63, 3.8) is 0 Å². The average molecular weight is 863 g/mol. The summed E-state index contributed by atoms with van der Waals surface area (Å²) in [5, 5.41) is 0. The number of esters is 3. The fraction of sp³-hybridized carbons (Fsp3) is 0.945. The molecular weight excluding hydrogens is 757 g/mol. The molecule has 362 valence electrons. The van der Waals surface area contributed by atoms with Crippen molar-refractivity contribution in [1.29, 1.82) is 0 Å². The van der Waals surface area contributed by atoms with Gasteiger partial charge in [0.1, 0.15) is 13.2 Å². The monoisotopic (exact) mass is 863 g/mol. The Bertz CT molecular complexity index is 918. The van der Waals surface area contributed by atoms with Gasteiger partial charge in [-0.3, -0.25) is 14.4 Å². The minimum atomic E-state index is -0.760. The van der Waals surface area contributed by atoms with Gasteiger partial charge in [0.05, 0.1) is 0 Å². The lowest BCUT2D eigenvalue weighted by Gasteiger charge is -2.18. The Morgan fingerprint density at radius 1 is 0.311 bits per heavy atom. The quantitative estimate of drug-likeness (QED) is 0.0344. The molecule has 0 N–H and O–H groups in total. The zero-order valence-electron chi connectivity index (χ0n) is 41.6. The average Bonchev–Trinajstić information content (AvgIpc) is 3.24. The second kappa shape index (κ2) is 49.4. The summed E-state index contributed by atoms with van der Waals surface area (Å²) in [6.45, 7) is 9.04. The van der Waals surface area contributed by atoms with Gasteiger partial charge in [-0.2, -0.15) is 0 Å². The van der Waals surface area contributed by atoms with E-state index in [0.717, 1.165) is 63.7 Å². The van der Waals surface area contributed by atoms with Crippen LogP contribution in [0.4, 0.5) is 0 Å². The maximum Gasteiger partial charge on any atom is 0.306 e. The Morgan fingerprint density at radius 3 is 0.803 bits per heavy atom. The summed E-state index contributed by atoms with van der Waals surface area (Å²) in [6, 6.07) is 0. The van der Waals surface area contributed by atoms with Gasteiger partial charge in [-0.05, 0) is 25.2 Å². The van der Waals surface area contributed by atoms with Crippen LogP contribution >= 0.6 is 0 Å². The van der Waals surface area contributed by atoms with Gasteiger partial charge < -0.3 is 14.2 Å². The normalized spacial score (nSPS) is 12.0. The van der Waals surface area contributed by atoms with Crippen LogP contribution in [-0.4, -0.2) is 37.2 Å². The Labute approximate surface area is 380 Å². The van der Waals surface area contributed by atoms with Gasteiger partial charge in [-0.15, -0.1) is 0 Å². The van der Waals surface area contributed by atoms with E-state index in [1.165, 1.54) is 205 Å². The second-order valence-corrected chi connectivity index (χ2v) is 19.3. The molecule has 6 nitrogen and oxygen atoms in total. The summed E-state index contributed by atoms with van der Waals surface area (Å²) >= 11 is 0. The van der Waals surface area contributed by atoms with E-state index in [-0.39, 0.29) is 31.1 Å². The summed E-state index contributed by atoms with van der Waals surface area (Å²) < 4.78 is 16.8. The lowest BCUT2D eigenvalue weighted by atomic mass is 10.0. The molecule has 0 radical (unpaired) electrons. The van der Waals surface area contributed by atoms with Crippen LogP contribution in [-0.2, 0) is 28.6 Å². The maximum atomic E-state index is 12.8. The van der Waals surface area contributed by atoms with Crippen molar-refractivity contribution in [2.75, 3.05) is 13.2 Å². The zero-order chi connectivity index (χ0) is 44.5. The Kier molecular flexibility index (Phi) is 48.1. The van der Waals surface area contributed by atoms with Crippen molar-refractivity contribution in [3.8, 4) is 0 Å².